The molecule has 140 valence electrons. The van der Waals surface area contributed by atoms with Crippen LogP contribution in [-0.2, 0) is 17.6 Å². The second-order valence-electron chi connectivity index (χ2n) is 6.99. The Bertz CT molecular complexity index is 1010. The summed E-state index contributed by atoms with van der Waals surface area (Å²) in [5.41, 5.74) is 4.04. The summed E-state index contributed by atoms with van der Waals surface area (Å²) >= 11 is 3.55. The van der Waals surface area contributed by atoms with E-state index >= 15 is 0 Å². The zero-order valence-corrected chi connectivity index (χ0v) is 16.9. The van der Waals surface area contributed by atoms with Gasteiger partial charge in [0.25, 0.3) is 6.33 Å². The van der Waals surface area contributed by atoms with Crippen molar-refractivity contribution in [1.29, 1.82) is 0 Å². The minimum absolute atomic E-state index is 0.791. The van der Waals surface area contributed by atoms with E-state index in [1.807, 2.05) is 12.4 Å². The molecule has 0 unspecified atom stereocenters. The molecule has 3 aromatic rings. The number of anilines is 1. The predicted molar refractivity (Wildman–Crippen MR) is 112 cm³/mol. The van der Waals surface area contributed by atoms with Gasteiger partial charge in [-0.05, 0) is 41.8 Å². The van der Waals surface area contributed by atoms with Gasteiger partial charge in [0.05, 0.1) is 18.6 Å². The first kappa shape index (κ1) is 17.4. The Balaban J connectivity index is 1.74. The fourth-order valence-electron chi connectivity index (χ4n) is 4.14. The van der Waals surface area contributed by atoms with Crippen molar-refractivity contribution in [3.8, 4) is 0 Å². The van der Waals surface area contributed by atoms with Crippen LogP contribution in [0.15, 0.2) is 24.0 Å². The van der Waals surface area contributed by atoms with Crippen LogP contribution < -0.4 is 9.88 Å². The molecular formula is C20H23N4OS2+. The zero-order valence-electron chi connectivity index (χ0n) is 15.3. The van der Waals surface area contributed by atoms with Crippen molar-refractivity contribution in [2.24, 2.45) is 0 Å². The van der Waals surface area contributed by atoms with Gasteiger partial charge in [-0.1, -0.05) is 17.8 Å². The van der Waals surface area contributed by atoms with Gasteiger partial charge < -0.3 is 9.64 Å². The summed E-state index contributed by atoms with van der Waals surface area (Å²) in [4.78, 5) is 16.8. The fourth-order valence-corrected chi connectivity index (χ4v) is 6.14. The first-order valence-corrected chi connectivity index (χ1v) is 11.4. The number of nitrogens with one attached hydrogen (secondary N) is 1. The summed E-state index contributed by atoms with van der Waals surface area (Å²) in [7, 11) is 0. The minimum Gasteiger partial charge on any atom is -0.378 e. The van der Waals surface area contributed by atoms with Gasteiger partial charge in [0.1, 0.15) is 15.3 Å². The highest BCUT2D eigenvalue weighted by Crippen LogP contribution is 2.42. The molecule has 0 amide bonds. The van der Waals surface area contributed by atoms with Crippen LogP contribution in [0.25, 0.3) is 20.4 Å². The average molecular weight is 400 g/mol. The van der Waals surface area contributed by atoms with Crippen molar-refractivity contribution < 1.29 is 9.72 Å². The van der Waals surface area contributed by atoms with Crippen molar-refractivity contribution in [2.75, 3.05) is 37.0 Å². The average Bonchev–Trinajstić information content (AvgIpc) is 3.11. The Morgan fingerprint density at radius 3 is 2.89 bits per heavy atom. The molecule has 0 atom stereocenters. The molecular weight excluding hydrogens is 376 g/mol. The summed E-state index contributed by atoms with van der Waals surface area (Å²) in [5, 5.41) is 2.46. The summed E-state index contributed by atoms with van der Waals surface area (Å²) < 4.78 is 6.78. The smallest absolute Gasteiger partial charge is 0.285 e. The Morgan fingerprint density at radius 1 is 1.26 bits per heavy atom. The van der Waals surface area contributed by atoms with E-state index in [2.05, 4.69) is 16.5 Å². The number of fused-ring (bicyclic) bond motifs is 5. The lowest BCUT2D eigenvalue weighted by Crippen LogP contribution is -2.37. The maximum atomic E-state index is 5.56. The molecule has 7 heteroatoms. The number of morpholine rings is 1. The maximum absolute atomic E-state index is 5.56. The molecule has 1 N–H and O–H groups in total. The Morgan fingerprint density at radius 2 is 2.07 bits per heavy atom. The molecule has 0 spiro atoms. The van der Waals surface area contributed by atoms with Crippen molar-refractivity contribution >= 4 is 49.3 Å². The lowest BCUT2D eigenvalue weighted by Gasteiger charge is -2.31. The number of pyridine rings is 1. The number of aromatic amines is 1. The number of thiophene rings is 1. The first-order valence-electron chi connectivity index (χ1n) is 9.58. The number of hydrogen-bond donors (Lipinski definition) is 0. The molecule has 2 aliphatic rings. The van der Waals surface area contributed by atoms with Gasteiger partial charge in [-0.2, -0.15) is 0 Å². The quantitative estimate of drug-likeness (QED) is 0.381. The molecule has 0 aromatic carbocycles. The molecule has 0 saturated carbocycles. The number of hydrogen-bond acceptors (Lipinski definition) is 6. The molecule has 27 heavy (non-hydrogen) atoms. The van der Waals surface area contributed by atoms with Crippen molar-refractivity contribution in [3.63, 3.8) is 0 Å². The van der Waals surface area contributed by atoms with Gasteiger partial charge in [0, 0.05) is 18.8 Å². The number of nitrogens with zero attached hydrogens (tertiary/aromatic N) is 3. The van der Waals surface area contributed by atoms with Crippen LogP contribution in [0, 0.1) is 0 Å². The van der Waals surface area contributed by atoms with Crippen molar-refractivity contribution in [1.82, 2.24) is 9.97 Å². The largest absolute Gasteiger partial charge is 0.378 e. The third-order valence-electron chi connectivity index (χ3n) is 5.36. The standard InChI is InChI=1S/C20H22N4OS2/c1-2-11-26-20-17-16(21-12-22-20)15-13-5-3-4-6-14(13)18(23-19(15)27-17)24-7-9-25-10-8-24/h2,12H,1,3-11H2/p+1. The number of aromatic nitrogens is 3. The molecule has 5 nitrogen and oxygen atoms in total. The molecule has 3 aromatic heterocycles. The van der Waals surface area contributed by atoms with Gasteiger partial charge in [-0.25, -0.2) is 9.97 Å². The molecule has 1 aliphatic heterocycles. The number of aryl methyl sites for hydroxylation is 1. The third-order valence-corrected chi connectivity index (χ3v) is 7.60. The minimum atomic E-state index is 0.791. The van der Waals surface area contributed by atoms with E-state index in [-0.39, 0.29) is 0 Å². The Hall–Kier alpha value is -1.70. The highest BCUT2D eigenvalue weighted by Gasteiger charge is 2.28. The van der Waals surface area contributed by atoms with Gasteiger partial charge in [0.2, 0.25) is 5.52 Å². The van der Waals surface area contributed by atoms with E-state index in [9.17, 15) is 0 Å². The zero-order chi connectivity index (χ0) is 18.2. The predicted octanol–water partition coefficient (Wildman–Crippen LogP) is 3.65. The van der Waals surface area contributed by atoms with E-state index < -0.39 is 0 Å². The number of rotatable bonds is 4. The SMILES string of the molecule is C=CCSc1[nH+]cnc2c1sc1nc(N3CCOCC3)c3c(c12)CCCC3. The van der Waals surface area contributed by atoms with Crippen LogP contribution in [-0.4, -0.2) is 42.0 Å². The fraction of sp³-hybridized carbons (Fsp3) is 0.450. The normalized spacial score (nSPS) is 17.4. The lowest BCUT2D eigenvalue weighted by molar-refractivity contribution is -0.427. The van der Waals surface area contributed by atoms with Crippen LogP contribution >= 0.6 is 23.1 Å². The van der Waals surface area contributed by atoms with Gasteiger partial charge in [0.15, 0.2) is 5.03 Å². The maximum Gasteiger partial charge on any atom is 0.285 e. The summed E-state index contributed by atoms with van der Waals surface area (Å²) in [6.07, 6.45) is 8.52. The number of H-pyrrole nitrogens is 1. The Kier molecular flexibility index (Phi) is 4.75. The molecule has 0 bridgehead atoms. The third kappa shape index (κ3) is 3.02. The van der Waals surface area contributed by atoms with Gasteiger partial charge in [-0.3, -0.25) is 0 Å². The van der Waals surface area contributed by atoms with Gasteiger partial charge >= 0.3 is 0 Å². The van der Waals surface area contributed by atoms with Crippen molar-refractivity contribution in [2.45, 2.75) is 30.7 Å². The van der Waals surface area contributed by atoms with Crippen LogP contribution in [0.4, 0.5) is 5.82 Å². The topological polar surface area (TPSA) is 52.4 Å². The monoisotopic (exact) mass is 399 g/mol. The summed E-state index contributed by atoms with van der Waals surface area (Å²) in [6, 6.07) is 0. The lowest BCUT2D eigenvalue weighted by atomic mass is 9.90. The molecule has 1 saturated heterocycles. The van der Waals surface area contributed by atoms with Gasteiger partial charge in [-0.15, -0.1) is 17.9 Å². The van der Waals surface area contributed by atoms with Crippen LogP contribution in [0.3, 0.4) is 0 Å². The number of ether oxygens (including phenoxy) is 1. The molecule has 0 radical (unpaired) electrons. The summed E-state index contributed by atoms with van der Waals surface area (Å²) in [6.45, 7) is 7.29. The highest BCUT2D eigenvalue weighted by atomic mass is 32.2. The van der Waals surface area contributed by atoms with E-state index in [0.29, 0.717) is 0 Å². The Labute approximate surface area is 166 Å². The van der Waals surface area contributed by atoms with Crippen LogP contribution in [0.2, 0.25) is 0 Å². The molecule has 1 fully saturated rings. The highest BCUT2D eigenvalue weighted by molar-refractivity contribution is 7.99. The second kappa shape index (κ2) is 7.37. The van der Waals surface area contributed by atoms with E-state index in [1.165, 1.54) is 44.9 Å². The number of thioether (sulfide) groups is 1. The molecule has 5 rings (SSSR count). The molecule has 4 heterocycles. The molecule has 1 aliphatic carbocycles. The van der Waals surface area contributed by atoms with Crippen molar-refractivity contribution in [3.05, 3.63) is 30.1 Å². The first-order chi connectivity index (χ1) is 13.4. The second-order valence-corrected chi connectivity index (χ2v) is 9.02. The van der Waals surface area contributed by atoms with E-state index in [4.69, 9.17) is 14.7 Å². The van der Waals surface area contributed by atoms with Crippen LogP contribution in [0.1, 0.15) is 24.0 Å². The van der Waals surface area contributed by atoms with E-state index in [0.717, 1.165) is 55.2 Å². The van der Waals surface area contributed by atoms with Crippen LogP contribution in [0.5, 0.6) is 0 Å². The van der Waals surface area contributed by atoms with E-state index in [1.54, 1.807) is 23.1 Å². The summed E-state index contributed by atoms with van der Waals surface area (Å²) in [5.74, 6) is 2.07.